The second-order valence-corrected chi connectivity index (χ2v) is 6.90. The minimum atomic E-state index is -0.700. The number of rotatable bonds is 6. The van der Waals surface area contributed by atoms with Crippen LogP contribution in [0.15, 0.2) is 48.5 Å². The topological polar surface area (TPSA) is 46.2 Å². The van der Waals surface area contributed by atoms with E-state index < -0.39 is 10.8 Å². The highest BCUT2D eigenvalue weighted by atomic mass is 16.1. The van der Waals surface area contributed by atoms with Crippen molar-refractivity contribution in [1.29, 1.82) is 0 Å². The normalized spacial score (nSPS) is 11.8. The van der Waals surface area contributed by atoms with Crippen molar-refractivity contribution in [2.75, 3.05) is 5.32 Å². The molecule has 23 heavy (non-hydrogen) atoms. The van der Waals surface area contributed by atoms with Gasteiger partial charge in [-0.3, -0.25) is 0 Å². The molecule has 120 valence electrons. The van der Waals surface area contributed by atoms with Crippen LogP contribution in [-0.2, 0) is 20.4 Å². The molecular formula is C20H23NO2. The van der Waals surface area contributed by atoms with E-state index in [1.165, 1.54) is 0 Å². The van der Waals surface area contributed by atoms with Gasteiger partial charge in [-0.1, -0.05) is 30.3 Å². The zero-order valence-electron chi connectivity index (χ0n) is 14.1. The average Bonchev–Trinajstić information content (AvgIpc) is 2.55. The van der Waals surface area contributed by atoms with Gasteiger partial charge in [0.25, 0.3) is 0 Å². The lowest BCUT2D eigenvalue weighted by Crippen LogP contribution is -2.29. The fourth-order valence-corrected chi connectivity index (χ4v) is 2.69. The van der Waals surface area contributed by atoms with Crippen LogP contribution in [0.2, 0.25) is 0 Å². The number of benzene rings is 2. The van der Waals surface area contributed by atoms with Crippen LogP contribution in [0.4, 0.5) is 11.4 Å². The summed E-state index contributed by atoms with van der Waals surface area (Å²) < 4.78 is 0. The van der Waals surface area contributed by atoms with Gasteiger partial charge >= 0.3 is 0 Å². The maximum Gasteiger partial charge on any atom is 0.130 e. The van der Waals surface area contributed by atoms with E-state index in [-0.39, 0.29) is 0 Å². The fourth-order valence-electron chi connectivity index (χ4n) is 2.69. The van der Waals surface area contributed by atoms with Gasteiger partial charge in [0.2, 0.25) is 0 Å². The van der Waals surface area contributed by atoms with Crippen LogP contribution in [0.1, 0.15) is 38.8 Å². The summed E-state index contributed by atoms with van der Waals surface area (Å²) in [4.78, 5) is 23.2. The van der Waals surface area contributed by atoms with E-state index in [4.69, 9.17) is 0 Å². The third-order valence-corrected chi connectivity index (χ3v) is 4.05. The minimum absolute atomic E-state index is 0.663. The van der Waals surface area contributed by atoms with Crippen molar-refractivity contribution in [2.24, 2.45) is 0 Å². The summed E-state index contributed by atoms with van der Waals surface area (Å²) in [6.45, 7) is 7.48. The van der Waals surface area contributed by atoms with Gasteiger partial charge in [0.1, 0.15) is 12.6 Å². The number of hydrogen-bond donors (Lipinski definition) is 1. The van der Waals surface area contributed by atoms with Gasteiger partial charge in [-0.2, -0.15) is 0 Å². The third-order valence-electron chi connectivity index (χ3n) is 4.05. The Kier molecular flexibility index (Phi) is 4.69. The van der Waals surface area contributed by atoms with Crippen molar-refractivity contribution < 1.29 is 9.59 Å². The lowest BCUT2D eigenvalue weighted by Gasteiger charge is -2.30. The summed E-state index contributed by atoms with van der Waals surface area (Å²) in [6.07, 6.45) is 1.86. The van der Waals surface area contributed by atoms with Crippen molar-refractivity contribution in [1.82, 2.24) is 0 Å². The molecule has 0 bridgehead atoms. The molecule has 1 N–H and O–H groups in total. The second-order valence-electron chi connectivity index (χ2n) is 6.90. The molecular weight excluding hydrogens is 286 g/mol. The first-order valence-corrected chi connectivity index (χ1v) is 7.70. The third kappa shape index (κ3) is 3.50. The van der Waals surface area contributed by atoms with Crippen LogP contribution in [0.25, 0.3) is 0 Å². The first kappa shape index (κ1) is 16.9. The molecule has 3 heteroatoms. The largest absolute Gasteiger partial charge is 0.355 e. The molecule has 0 spiro atoms. The van der Waals surface area contributed by atoms with Gasteiger partial charge < -0.3 is 14.9 Å². The van der Waals surface area contributed by atoms with Crippen molar-refractivity contribution in [2.45, 2.75) is 38.5 Å². The minimum Gasteiger partial charge on any atom is -0.355 e. The van der Waals surface area contributed by atoms with E-state index in [9.17, 15) is 9.59 Å². The number of carbonyl (C=O) groups is 2. The van der Waals surface area contributed by atoms with Crippen molar-refractivity contribution in [3.05, 3.63) is 59.7 Å². The Hall–Kier alpha value is -2.42. The fraction of sp³-hybridized carbons (Fsp3) is 0.300. The summed E-state index contributed by atoms with van der Waals surface area (Å²) in [7, 11) is 0. The Labute approximate surface area is 137 Å². The Morgan fingerprint density at radius 1 is 0.783 bits per heavy atom. The van der Waals surface area contributed by atoms with E-state index in [1.807, 2.05) is 76.2 Å². The van der Waals surface area contributed by atoms with Crippen molar-refractivity contribution in [3.8, 4) is 0 Å². The Bertz CT molecular complexity index is 703. The number of carbonyl (C=O) groups excluding carboxylic acids is 2. The lowest BCUT2D eigenvalue weighted by atomic mass is 9.74. The summed E-state index contributed by atoms with van der Waals surface area (Å²) in [5, 5.41) is 3.37. The zero-order chi connectivity index (χ0) is 17.1. The van der Waals surface area contributed by atoms with Crippen LogP contribution < -0.4 is 5.32 Å². The van der Waals surface area contributed by atoms with Crippen LogP contribution in [0, 0.1) is 0 Å². The Morgan fingerprint density at radius 2 is 1.39 bits per heavy atom. The molecule has 0 fully saturated rings. The first-order chi connectivity index (χ1) is 10.8. The summed E-state index contributed by atoms with van der Waals surface area (Å²) >= 11 is 0. The van der Waals surface area contributed by atoms with E-state index in [0.29, 0.717) is 0 Å². The molecule has 0 heterocycles. The molecule has 0 radical (unpaired) electrons. The van der Waals surface area contributed by atoms with Gasteiger partial charge in [0.15, 0.2) is 0 Å². The highest BCUT2D eigenvalue weighted by Gasteiger charge is 2.32. The summed E-state index contributed by atoms with van der Waals surface area (Å²) in [6, 6.07) is 15.6. The number of nitrogens with one attached hydrogen (secondary N) is 1. The van der Waals surface area contributed by atoms with Gasteiger partial charge in [0, 0.05) is 22.2 Å². The maximum atomic E-state index is 11.7. The van der Waals surface area contributed by atoms with Crippen LogP contribution in [0.3, 0.4) is 0 Å². The number of hydrogen-bond acceptors (Lipinski definition) is 3. The predicted octanol–water partition coefficient (Wildman–Crippen LogP) is 4.38. The van der Waals surface area contributed by atoms with E-state index in [0.717, 1.165) is 35.1 Å². The summed E-state index contributed by atoms with van der Waals surface area (Å²) in [5.41, 5.74) is 2.15. The molecule has 2 aromatic carbocycles. The highest BCUT2D eigenvalue weighted by Crippen LogP contribution is 2.38. The van der Waals surface area contributed by atoms with Crippen LogP contribution >= 0.6 is 0 Å². The zero-order valence-corrected chi connectivity index (χ0v) is 14.1. The van der Waals surface area contributed by atoms with Crippen molar-refractivity contribution >= 4 is 23.9 Å². The molecule has 0 aliphatic rings. The highest BCUT2D eigenvalue weighted by molar-refractivity contribution is 5.80. The van der Waals surface area contributed by atoms with E-state index in [2.05, 4.69) is 5.32 Å². The van der Waals surface area contributed by atoms with Crippen LogP contribution in [0.5, 0.6) is 0 Å². The van der Waals surface area contributed by atoms with Crippen molar-refractivity contribution in [3.63, 3.8) is 0 Å². The molecule has 0 aliphatic heterocycles. The maximum absolute atomic E-state index is 11.7. The standard InChI is InChI=1S/C20H23NO2/c1-19(2,13-22)16-11-8-12-17(18(16)20(3,4)14-23)21-15-9-6-5-7-10-15/h5-14,21H,1-4H3. The molecule has 2 rings (SSSR count). The molecule has 0 saturated carbocycles. The quantitative estimate of drug-likeness (QED) is 0.805. The summed E-state index contributed by atoms with van der Waals surface area (Å²) in [5.74, 6) is 0. The SMILES string of the molecule is CC(C)(C=O)c1cccc(Nc2ccccc2)c1C(C)(C)C=O. The number of anilines is 2. The van der Waals surface area contributed by atoms with Gasteiger partial charge in [-0.05, 0) is 57.0 Å². The molecule has 0 aliphatic carbocycles. The van der Waals surface area contributed by atoms with Crippen LogP contribution in [-0.4, -0.2) is 12.6 Å². The average molecular weight is 309 g/mol. The molecule has 0 unspecified atom stereocenters. The molecule has 2 aromatic rings. The molecule has 0 aromatic heterocycles. The van der Waals surface area contributed by atoms with E-state index in [1.54, 1.807) is 0 Å². The van der Waals surface area contributed by atoms with E-state index >= 15 is 0 Å². The molecule has 0 saturated heterocycles. The monoisotopic (exact) mass is 309 g/mol. The Balaban J connectivity index is 2.65. The predicted molar refractivity (Wildman–Crippen MR) is 94.3 cm³/mol. The number of aldehydes is 2. The lowest BCUT2D eigenvalue weighted by molar-refractivity contribution is -0.113. The molecule has 0 atom stereocenters. The first-order valence-electron chi connectivity index (χ1n) is 7.70. The van der Waals surface area contributed by atoms with Gasteiger partial charge in [-0.15, -0.1) is 0 Å². The molecule has 3 nitrogen and oxygen atoms in total. The Morgan fingerprint density at radius 3 is 1.96 bits per heavy atom. The second kappa shape index (κ2) is 6.37. The molecule has 0 amide bonds. The van der Waals surface area contributed by atoms with Gasteiger partial charge in [-0.25, -0.2) is 0 Å². The van der Waals surface area contributed by atoms with Gasteiger partial charge in [0.05, 0.1) is 0 Å². The number of para-hydroxylation sites is 1. The smallest absolute Gasteiger partial charge is 0.130 e.